The van der Waals surface area contributed by atoms with E-state index in [0.29, 0.717) is 24.5 Å². The molecule has 0 radical (unpaired) electrons. The van der Waals surface area contributed by atoms with E-state index >= 15 is 0 Å². The topological polar surface area (TPSA) is 64.6 Å². The third-order valence-corrected chi connectivity index (χ3v) is 3.80. The third kappa shape index (κ3) is 5.92. The molecule has 0 aliphatic carbocycles. The zero-order valence-electron chi connectivity index (χ0n) is 15.5. The predicted molar refractivity (Wildman–Crippen MR) is 100 cm³/mol. The van der Waals surface area contributed by atoms with Crippen LogP contribution in [-0.4, -0.2) is 24.6 Å². The first-order valence-corrected chi connectivity index (χ1v) is 8.76. The largest absolute Gasteiger partial charge is 0.494 e. The van der Waals surface area contributed by atoms with Crippen molar-refractivity contribution in [3.63, 3.8) is 0 Å². The summed E-state index contributed by atoms with van der Waals surface area (Å²) in [6, 6.07) is 14.6. The summed E-state index contributed by atoms with van der Waals surface area (Å²) in [6.45, 7) is 6.61. The van der Waals surface area contributed by atoms with Crippen LogP contribution in [0.5, 0.6) is 5.75 Å². The van der Waals surface area contributed by atoms with Gasteiger partial charge in [-0.15, -0.1) is 0 Å². The van der Waals surface area contributed by atoms with Gasteiger partial charge in [0.1, 0.15) is 5.75 Å². The van der Waals surface area contributed by atoms with Crippen molar-refractivity contribution in [2.75, 3.05) is 6.61 Å². The Balaban J connectivity index is 1.83. The summed E-state index contributed by atoms with van der Waals surface area (Å²) < 4.78 is 10.7. The second-order valence-electron chi connectivity index (χ2n) is 6.12. The SMILES string of the molecule is CCCOc1ccc(C(=O)O[C@H](C)C(=O)NCc2ccc(C)cc2)cc1. The Labute approximate surface area is 154 Å². The second-order valence-corrected chi connectivity index (χ2v) is 6.12. The minimum absolute atomic E-state index is 0.332. The molecule has 0 saturated heterocycles. The number of carbonyl (C=O) groups is 2. The van der Waals surface area contributed by atoms with Gasteiger partial charge in [-0.3, -0.25) is 4.79 Å². The number of amides is 1. The van der Waals surface area contributed by atoms with E-state index in [-0.39, 0.29) is 5.91 Å². The number of carbonyl (C=O) groups excluding carboxylic acids is 2. The Morgan fingerprint density at radius 2 is 1.69 bits per heavy atom. The van der Waals surface area contributed by atoms with Gasteiger partial charge in [-0.05, 0) is 50.1 Å². The number of hydrogen-bond acceptors (Lipinski definition) is 4. The van der Waals surface area contributed by atoms with E-state index < -0.39 is 12.1 Å². The van der Waals surface area contributed by atoms with Gasteiger partial charge in [0.25, 0.3) is 5.91 Å². The van der Waals surface area contributed by atoms with Crippen LogP contribution in [0.15, 0.2) is 48.5 Å². The molecule has 26 heavy (non-hydrogen) atoms. The Morgan fingerprint density at radius 1 is 1.04 bits per heavy atom. The summed E-state index contributed by atoms with van der Waals surface area (Å²) in [5, 5.41) is 2.77. The minimum Gasteiger partial charge on any atom is -0.494 e. The molecule has 0 heterocycles. The molecule has 0 aromatic heterocycles. The number of ether oxygens (including phenoxy) is 2. The lowest BCUT2D eigenvalue weighted by atomic mass is 10.1. The first-order valence-electron chi connectivity index (χ1n) is 8.76. The second kappa shape index (κ2) is 9.61. The van der Waals surface area contributed by atoms with Crippen LogP contribution in [-0.2, 0) is 16.1 Å². The number of rotatable bonds is 8. The van der Waals surface area contributed by atoms with Crippen molar-refractivity contribution in [3.8, 4) is 5.75 Å². The van der Waals surface area contributed by atoms with Gasteiger partial charge in [0, 0.05) is 6.54 Å². The molecule has 138 valence electrons. The molecule has 2 aromatic carbocycles. The molecule has 5 heteroatoms. The van der Waals surface area contributed by atoms with Crippen LogP contribution in [0.25, 0.3) is 0 Å². The molecule has 2 aromatic rings. The molecule has 0 bridgehead atoms. The van der Waals surface area contributed by atoms with Gasteiger partial charge in [0.05, 0.1) is 12.2 Å². The highest BCUT2D eigenvalue weighted by atomic mass is 16.5. The average Bonchev–Trinajstić information content (AvgIpc) is 2.66. The molecular weight excluding hydrogens is 330 g/mol. The van der Waals surface area contributed by atoms with Crippen LogP contribution in [0.1, 0.15) is 41.8 Å². The summed E-state index contributed by atoms with van der Waals surface area (Å²) in [6.07, 6.45) is 0.0444. The molecule has 0 spiro atoms. The van der Waals surface area contributed by atoms with E-state index in [1.165, 1.54) is 0 Å². The van der Waals surface area contributed by atoms with Crippen molar-refractivity contribution in [3.05, 3.63) is 65.2 Å². The molecule has 0 aliphatic heterocycles. The van der Waals surface area contributed by atoms with Crippen molar-refractivity contribution in [1.29, 1.82) is 0 Å². The highest BCUT2D eigenvalue weighted by Gasteiger charge is 2.18. The fourth-order valence-electron chi connectivity index (χ4n) is 2.23. The fourth-order valence-corrected chi connectivity index (χ4v) is 2.23. The standard InChI is InChI=1S/C21H25NO4/c1-4-13-25-19-11-9-18(10-12-19)21(24)26-16(3)20(23)22-14-17-7-5-15(2)6-8-17/h5-12,16H,4,13-14H2,1-3H3,(H,22,23)/t16-/m1/s1. The number of esters is 1. The van der Waals surface area contributed by atoms with Gasteiger partial charge in [0.2, 0.25) is 0 Å². The van der Waals surface area contributed by atoms with Crippen LogP contribution in [0.4, 0.5) is 0 Å². The molecule has 1 N–H and O–H groups in total. The van der Waals surface area contributed by atoms with Crippen LogP contribution in [0, 0.1) is 6.92 Å². The normalized spacial score (nSPS) is 11.5. The predicted octanol–water partition coefficient (Wildman–Crippen LogP) is 3.65. The van der Waals surface area contributed by atoms with Gasteiger partial charge < -0.3 is 14.8 Å². The van der Waals surface area contributed by atoms with Crippen LogP contribution < -0.4 is 10.1 Å². The van der Waals surface area contributed by atoms with Crippen molar-refractivity contribution < 1.29 is 19.1 Å². The van der Waals surface area contributed by atoms with E-state index in [0.717, 1.165) is 17.5 Å². The maximum Gasteiger partial charge on any atom is 0.338 e. The molecule has 0 saturated carbocycles. The molecular formula is C21H25NO4. The van der Waals surface area contributed by atoms with Crippen molar-refractivity contribution >= 4 is 11.9 Å². The lowest BCUT2D eigenvalue weighted by Gasteiger charge is -2.14. The number of nitrogens with one attached hydrogen (secondary N) is 1. The van der Waals surface area contributed by atoms with E-state index in [1.807, 2.05) is 38.1 Å². The van der Waals surface area contributed by atoms with Crippen LogP contribution >= 0.6 is 0 Å². The van der Waals surface area contributed by atoms with Gasteiger partial charge in [-0.2, -0.15) is 0 Å². The van der Waals surface area contributed by atoms with E-state index in [2.05, 4.69) is 5.32 Å². The lowest BCUT2D eigenvalue weighted by Crippen LogP contribution is -2.35. The van der Waals surface area contributed by atoms with Crippen LogP contribution in [0.2, 0.25) is 0 Å². The van der Waals surface area contributed by atoms with Gasteiger partial charge in [-0.25, -0.2) is 4.79 Å². The number of aryl methyl sites for hydroxylation is 1. The third-order valence-electron chi connectivity index (χ3n) is 3.80. The van der Waals surface area contributed by atoms with Crippen molar-refractivity contribution in [2.24, 2.45) is 0 Å². The summed E-state index contributed by atoms with van der Waals surface area (Å²) >= 11 is 0. The summed E-state index contributed by atoms with van der Waals surface area (Å²) in [7, 11) is 0. The average molecular weight is 355 g/mol. The maximum absolute atomic E-state index is 12.2. The van der Waals surface area contributed by atoms with E-state index in [1.54, 1.807) is 31.2 Å². The van der Waals surface area contributed by atoms with Crippen molar-refractivity contribution in [1.82, 2.24) is 5.32 Å². The molecule has 0 fully saturated rings. The summed E-state index contributed by atoms with van der Waals surface area (Å²) in [5.41, 5.74) is 2.53. The Morgan fingerprint density at radius 3 is 2.31 bits per heavy atom. The molecule has 1 amide bonds. The number of benzene rings is 2. The van der Waals surface area contributed by atoms with Crippen LogP contribution in [0.3, 0.4) is 0 Å². The maximum atomic E-state index is 12.2. The van der Waals surface area contributed by atoms with Crippen molar-refractivity contribution in [2.45, 2.75) is 39.8 Å². The molecule has 1 atom stereocenters. The fraction of sp³-hybridized carbons (Fsp3) is 0.333. The molecule has 0 unspecified atom stereocenters. The molecule has 5 nitrogen and oxygen atoms in total. The minimum atomic E-state index is -0.871. The smallest absolute Gasteiger partial charge is 0.338 e. The monoisotopic (exact) mass is 355 g/mol. The highest BCUT2D eigenvalue weighted by Crippen LogP contribution is 2.14. The first kappa shape index (κ1) is 19.5. The lowest BCUT2D eigenvalue weighted by molar-refractivity contribution is -0.129. The van der Waals surface area contributed by atoms with Gasteiger partial charge in [0.15, 0.2) is 6.10 Å². The Kier molecular flexibility index (Phi) is 7.21. The highest BCUT2D eigenvalue weighted by molar-refractivity contribution is 5.92. The number of hydrogen-bond donors (Lipinski definition) is 1. The van der Waals surface area contributed by atoms with E-state index in [4.69, 9.17) is 9.47 Å². The summed E-state index contributed by atoms with van der Waals surface area (Å²) in [5.74, 6) is -0.167. The molecule has 0 aliphatic rings. The Bertz CT molecular complexity index is 723. The summed E-state index contributed by atoms with van der Waals surface area (Å²) in [4.78, 5) is 24.3. The quantitative estimate of drug-likeness (QED) is 0.734. The van der Waals surface area contributed by atoms with Gasteiger partial charge >= 0.3 is 5.97 Å². The Hall–Kier alpha value is -2.82. The molecule has 2 rings (SSSR count). The zero-order chi connectivity index (χ0) is 18.9. The first-order chi connectivity index (χ1) is 12.5. The zero-order valence-corrected chi connectivity index (χ0v) is 15.5. The van der Waals surface area contributed by atoms with E-state index in [9.17, 15) is 9.59 Å². The van der Waals surface area contributed by atoms with Gasteiger partial charge in [-0.1, -0.05) is 36.8 Å².